The zero-order chi connectivity index (χ0) is 20.6. The maximum absolute atomic E-state index is 12.3. The average Bonchev–Trinajstić information content (AvgIpc) is 3.11. The van der Waals surface area contributed by atoms with Crippen molar-refractivity contribution in [3.8, 4) is 0 Å². The van der Waals surface area contributed by atoms with Gasteiger partial charge in [-0.2, -0.15) is 5.10 Å². The summed E-state index contributed by atoms with van der Waals surface area (Å²) in [7, 11) is 0. The standard InChI is InChI=1S/C18H20N8OS2/c1-12(13-7-5-6-10-20-13)22-23-17-24-25-18(26(17)19)29-11-16(27)21-14-8-3-4-9-15(14)28-2/h3-10H,11,19H2,1-2H3,(H,21,27)(H,23,24)/b22-12+. The Bertz CT molecular complexity index is 1010. The van der Waals surface area contributed by atoms with Gasteiger partial charge in [0.05, 0.1) is 22.8 Å². The van der Waals surface area contributed by atoms with Gasteiger partial charge in [-0.25, -0.2) is 10.1 Å². The second kappa shape index (κ2) is 9.94. The predicted octanol–water partition coefficient (Wildman–Crippen LogP) is 2.68. The van der Waals surface area contributed by atoms with Gasteiger partial charge < -0.3 is 11.2 Å². The molecule has 0 aliphatic rings. The Hall–Kier alpha value is -3.05. The van der Waals surface area contributed by atoms with Gasteiger partial charge >= 0.3 is 0 Å². The summed E-state index contributed by atoms with van der Waals surface area (Å²) in [4.78, 5) is 17.5. The Morgan fingerprint density at radius 1 is 1.21 bits per heavy atom. The Morgan fingerprint density at radius 2 is 2.00 bits per heavy atom. The topological polar surface area (TPSA) is 123 Å². The molecule has 3 rings (SSSR count). The number of benzene rings is 1. The van der Waals surface area contributed by atoms with Crippen LogP contribution in [-0.4, -0.2) is 43.5 Å². The van der Waals surface area contributed by atoms with Crippen molar-refractivity contribution in [3.63, 3.8) is 0 Å². The number of hydrazone groups is 1. The van der Waals surface area contributed by atoms with Crippen molar-refractivity contribution in [2.24, 2.45) is 5.10 Å². The molecule has 11 heteroatoms. The van der Waals surface area contributed by atoms with Crippen molar-refractivity contribution in [2.45, 2.75) is 17.0 Å². The number of rotatable bonds is 8. The highest BCUT2D eigenvalue weighted by molar-refractivity contribution is 7.99. The molecule has 0 unspecified atom stereocenters. The smallest absolute Gasteiger partial charge is 0.264 e. The van der Waals surface area contributed by atoms with Crippen LogP contribution < -0.4 is 16.6 Å². The van der Waals surface area contributed by atoms with Crippen LogP contribution in [0.2, 0.25) is 0 Å². The number of thioether (sulfide) groups is 2. The van der Waals surface area contributed by atoms with Crippen LogP contribution in [0.5, 0.6) is 0 Å². The third-order valence-corrected chi connectivity index (χ3v) is 5.48. The Morgan fingerprint density at radius 3 is 2.76 bits per heavy atom. The zero-order valence-electron chi connectivity index (χ0n) is 15.9. The lowest BCUT2D eigenvalue weighted by Gasteiger charge is -2.08. The second-order valence-corrected chi connectivity index (χ2v) is 7.53. The molecule has 29 heavy (non-hydrogen) atoms. The highest BCUT2D eigenvalue weighted by atomic mass is 32.2. The monoisotopic (exact) mass is 428 g/mol. The third-order valence-electron chi connectivity index (χ3n) is 3.74. The fourth-order valence-corrected chi connectivity index (χ4v) is 3.49. The summed E-state index contributed by atoms with van der Waals surface area (Å²) in [5.74, 6) is 6.25. The van der Waals surface area contributed by atoms with Crippen molar-refractivity contribution in [2.75, 3.05) is 28.6 Å². The molecule has 1 amide bonds. The normalized spacial score (nSPS) is 11.3. The first-order valence-corrected chi connectivity index (χ1v) is 10.8. The zero-order valence-corrected chi connectivity index (χ0v) is 17.5. The van der Waals surface area contributed by atoms with Crippen LogP contribution in [0.1, 0.15) is 12.6 Å². The van der Waals surface area contributed by atoms with E-state index in [1.54, 1.807) is 18.0 Å². The minimum atomic E-state index is -0.155. The number of hydrogen-bond acceptors (Lipinski definition) is 9. The number of para-hydroxylation sites is 1. The van der Waals surface area contributed by atoms with Crippen molar-refractivity contribution in [1.82, 2.24) is 19.9 Å². The molecule has 150 valence electrons. The van der Waals surface area contributed by atoms with Gasteiger partial charge in [0.15, 0.2) is 0 Å². The number of carbonyl (C=O) groups excluding carboxylic acids is 1. The van der Waals surface area contributed by atoms with E-state index < -0.39 is 0 Å². The van der Waals surface area contributed by atoms with Crippen LogP contribution in [0.3, 0.4) is 0 Å². The number of aromatic nitrogens is 4. The van der Waals surface area contributed by atoms with Gasteiger partial charge in [-0.05, 0) is 37.4 Å². The number of carbonyl (C=O) groups is 1. The Kier molecular flexibility index (Phi) is 7.09. The van der Waals surface area contributed by atoms with Crippen LogP contribution in [-0.2, 0) is 4.79 Å². The number of pyridine rings is 1. The highest BCUT2D eigenvalue weighted by Gasteiger charge is 2.13. The molecule has 0 radical (unpaired) electrons. The van der Waals surface area contributed by atoms with Gasteiger partial charge in [0.25, 0.3) is 5.95 Å². The number of nitrogens with one attached hydrogen (secondary N) is 2. The number of amides is 1. The number of nitrogens with zero attached hydrogens (tertiary/aromatic N) is 5. The molecule has 2 aromatic heterocycles. The van der Waals surface area contributed by atoms with Crippen molar-refractivity contribution >= 4 is 46.8 Å². The maximum atomic E-state index is 12.3. The van der Waals surface area contributed by atoms with Crippen LogP contribution in [0.4, 0.5) is 11.6 Å². The number of nitrogens with two attached hydrogens (primary N) is 1. The Labute approximate surface area is 176 Å². The molecule has 0 atom stereocenters. The van der Waals surface area contributed by atoms with E-state index in [9.17, 15) is 4.79 Å². The van der Waals surface area contributed by atoms with E-state index in [4.69, 9.17) is 5.84 Å². The summed E-state index contributed by atoms with van der Waals surface area (Å²) in [6.45, 7) is 1.82. The van der Waals surface area contributed by atoms with Gasteiger partial charge in [0, 0.05) is 11.1 Å². The summed E-state index contributed by atoms with van der Waals surface area (Å²) in [5, 5.41) is 15.5. The fourth-order valence-electron chi connectivity index (χ4n) is 2.28. The van der Waals surface area contributed by atoms with E-state index in [0.29, 0.717) is 10.9 Å². The molecular formula is C18H20N8OS2. The second-order valence-electron chi connectivity index (χ2n) is 5.74. The Balaban J connectivity index is 1.57. The summed E-state index contributed by atoms with van der Waals surface area (Å²) >= 11 is 2.75. The summed E-state index contributed by atoms with van der Waals surface area (Å²) < 4.78 is 1.25. The van der Waals surface area contributed by atoms with E-state index in [1.165, 1.54) is 16.4 Å². The molecule has 0 fully saturated rings. The molecule has 0 saturated heterocycles. The molecule has 3 aromatic rings. The molecule has 9 nitrogen and oxygen atoms in total. The van der Waals surface area contributed by atoms with E-state index in [2.05, 4.69) is 31.0 Å². The third kappa shape index (κ3) is 5.48. The lowest BCUT2D eigenvalue weighted by Crippen LogP contribution is -2.17. The lowest BCUT2D eigenvalue weighted by atomic mass is 10.3. The minimum Gasteiger partial charge on any atom is -0.334 e. The van der Waals surface area contributed by atoms with Crippen molar-refractivity contribution < 1.29 is 4.79 Å². The van der Waals surface area contributed by atoms with Crippen molar-refractivity contribution in [1.29, 1.82) is 0 Å². The molecule has 0 aliphatic carbocycles. The highest BCUT2D eigenvalue weighted by Crippen LogP contribution is 2.25. The molecule has 0 bridgehead atoms. The molecule has 1 aromatic carbocycles. The lowest BCUT2D eigenvalue weighted by molar-refractivity contribution is -0.113. The van der Waals surface area contributed by atoms with Gasteiger partial charge in [0.2, 0.25) is 11.1 Å². The van der Waals surface area contributed by atoms with Gasteiger partial charge in [-0.3, -0.25) is 9.78 Å². The number of hydrogen-bond donors (Lipinski definition) is 3. The first-order valence-electron chi connectivity index (χ1n) is 8.56. The van der Waals surface area contributed by atoms with E-state index in [0.717, 1.165) is 16.3 Å². The summed E-state index contributed by atoms with van der Waals surface area (Å²) in [6.07, 6.45) is 3.65. The average molecular weight is 429 g/mol. The largest absolute Gasteiger partial charge is 0.334 e. The first kappa shape index (κ1) is 20.7. The minimum absolute atomic E-state index is 0.147. The molecule has 0 saturated carbocycles. The molecule has 0 spiro atoms. The predicted molar refractivity (Wildman–Crippen MR) is 118 cm³/mol. The van der Waals surface area contributed by atoms with E-state index in [1.807, 2.05) is 55.6 Å². The first-order chi connectivity index (χ1) is 14.1. The quantitative estimate of drug-likeness (QED) is 0.217. The van der Waals surface area contributed by atoms with Crippen LogP contribution in [0.25, 0.3) is 0 Å². The SMILES string of the molecule is CSc1ccccc1NC(=O)CSc1nnc(N/N=C(\C)c2ccccn2)n1N. The van der Waals surface area contributed by atoms with E-state index in [-0.39, 0.29) is 17.6 Å². The van der Waals surface area contributed by atoms with E-state index >= 15 is 0 Å². The molecule has 0 aliphatic heterocycles. The van der Waals surface area contributed by atoms with Gasteiger partial charge in [0.1, 0.15) is 0 Å². The van der Waals surface area contributed by atoms with Crippen LogP contribution in [0.15, 0.2) is 63.8 Å². The number of nitrogen functional groups attached to an aromatic ring is 1. The summed E-state index contributed by atoms with van der Waals surface area (Å²) in [5.41, 5.74) is 4.96. The van der Waals surface area contributed by atoms with Gasteiger partial charge in [-0.15, -0.1) is 22.0 Å². The summed E-state index contributed by atoms with van der Waals surface area (Å²) in [6, 6.07) is 13.2. The molecule has 4 N–H and O–H groups in total. The van der Waals surface area contributed by atoms with Crippen LogP contribution >= 0.6 is 23.5 Å². The maximum Gasteiger partial charge on any atom is 0.264 e. The number of anilines is 2. The molecule has 2 heterocycles. The van der Waals surface area contributed by atoms with Crippen LogP contribution in [0, 0.1) is 0 Å². The van der Waals surface area contributed by atoms with Gasteiger partial charge in [-0.1, -0.05) is 30.0 Å². The van der Waals surface area contributed by atoms with Crippen molar-refractivity contribution in [3.05, 3.63) is 54.4 Å². The molecular weight excluding hydrogens is 408 g/mol. The fraction of sp³-hybridized carbons (Fsp3) is 0.167.